The lowest BCUT2D eigenvalue weighted by molar-refractivity contribution is 0.0991. The Bertz CT molecular complexity index is 681. The van der Waals surface area contributed by atoms with Crippen molar-refractivity contribution in [1.29, 1.82) is 0 Å². The molecule has 0 amide bonds. The number of H-pyrrole nitrogens is 1. The SMILES string of the molecule is O=C(O)Sc1nc(CC(=O)c2ccccc2)[nH]c1SC(=O)O. The third kappa shape index (κ3) is 4.37. The standard InChI is InChI=1S/C13H10N2O5S2/c16-8(7-4-2-1-3-5-7)6-9-14-10(21-12(17)18)11(15-9)22-13(19)20/h1-5H,6H2,(H,14,15)(H,17,18)(H,19,20). The average Bonchev–Trinajstić information content (AvgIpc) is 2.79. The fourth-order valence-corrected chi connectivity index (χ4v) is 2.85. The zero-order valence-electron chi connectivity index (χ0n) is 11.0. The van der Waals surface area contributed by atoms with Crippen LogP contribution in [0.25, 0.3) is 0 Å². The van der Waals surface area contributed by atoms with Crippen molar-refractivity contribution in [3.05, 3.63) is 41.7 Å². The summed E-state index contributed by atoms with van der Waals surface area (Å²) in [5.74, 6) is 0.0226. The van der Waals surface area contributed by atoms with Gasteiger partial charge < -0.3 is 15.2 Å². The molecule has 0 aliphatic rings. The summed E-state index contributed by atoms with van der Waals surface area (Å²) in [5, 5.41) is 15.3. The number of aromatic amines is 1. The lowest BCUT2D eigenvalue weighted by Crippen LogP contribution is -2.04. The van der Waals surface area contributed by atoms with E-state index in [9.17, 15) is 14.4 Å². The Morgan fingerprint density at radius 1 is 1.05 bits per heavy atom. The van der Waals surface area contributed by atoms with E-state index in [1.165, 1.54) is 0 Å². The number of carboxylic acid groups (broad SMARTS) is 2. The van der Waals surface area contributed by atoms with Crippen molar-refractivity contribution in [3.8, 4) is 0 Å². The maximum atomic E-state index is 12.1. The zero-order chi connectivity index (χ0) is 16.1. The van der Waals surface area contributed by atoms with Gasteiger partial charge in [0, 0.05) is 29.1 Å². The van der Waals surface area contributed by atoms with E-state index in [0.29, 0.717) is 29.1 Å². The van der Waals surface area contributed by atoms with Crippen molar-refractivity contribution in [2.45, 2.75) is 16.5 Å². The highest BCUT2D eigenvalue weighted by Crippen LogP contribution is 2.29. The van der Waals surface area contributed by atoms with Gasteiger partial charge in [0.25, 0.3) is 0 Å². The van der Waals surface area contributed by atoms with Crippen molar-refractivity contribution in [1.82, 2.24) is 9.97 Å². The molecule has 1 heterocycles. The van der Waals surface area contributed by atoms with E-state index in [-0.39, 0.29) is 28.1 Å². The molecule has 0 unspecified atom stereocenters. The molecule has 22 heavy (non-hydrogen) atoms. The van der Waals surface area contributed by atoms with Crippen LogP contribution in [0.2, 0.25) is 0 Å². The van der Waals surface area contributed by atoms with Crippen molar-refractivity contribution in [2.24, 2.45) is 0 Å². The summed E-state index contributed by atoms with van der Waals surface area (Å²) in [4.78, 5) is 40.2. The van der Waals surface area contributed by atoms with Crippen LogP contribution in [-0.4, -0.2) is 36.6 Å². The lowest BCUT2D eigenvalue weighted by atomic mass is 10.1. The summed E-state index contributed by atoms with van der Waals surface area (Å²) < 4.78 is 0. The van der Waals surface area contributed by atoms with E-state index >= 15 is 0 Å². The van der Waals surface area contributed by atoms with Crippen molar-refractivity contribution < 1.29 is 24.6 Å². The number of aromatic nitrogens is 2. The third-order valence-corrected chi connectivity index (χ3v) is 3.95. The van der Waals surface area contributed by atoms with Gasteiger partial charge in [-0.25, -0.2) is 14.6 Å². The van der Waals surface area contributed by atoms with Crippen LogP contribution in [0.4, 0.5) is 9.59 Å². The van der Waals surface area contributed by atoms with Crippen LogP contribution in [0.1, 0.15) is 16.2 Å². The number of carbonyl (C=O) groups is 3. The molecule has 0 spiro atoms. The second kappa shape index (κ2) is 7.14. The predicted octanol–water partition coefficient (Wildman–Crippen LogP) is 3.38. The number of benzene rings is 1. The Balaban J connectivity index is 2.20. The van der Waals surface area contributed by atoms with Crippen LogP contribution in [0.15, 0.2) is 40.4 Å². The molecule has 2 aromatic rings. The lowest BCUT2D eigenvalue weighted by Gasteiger charge is -1.97. The highest BCUT2D eigenvalue weighted by atomic mass is 32.2. The normalized spacial score (nSPS) is 10.4. The van der Waals surface area contributed by atoms with E-state index in [4.69, 9.17) is 10.2 Å². The van der Waals surface area contributed by atoms with E-state index in [1.807, 2.05) is 0 Å². The Hall–Kier alpha value is -2.26. The molecule has 0 saturated heterocycles. The summed E-state index contributed by atoms with van der Waals surface area (Å²) in [7, 11) is 0. The van der Waals surface area contributed by atoms with E-state index < -0.39 is 10.6 Å². The van der Waals surface area contributed by atoms with Crippen LogP contribution in [0, 0.1) is 0 Å². The Kier molecular flexibility index (Phi) is 5.23. The number of thioether (sulfide) groups is 2. The average molecular weight is 338 g/mol. The molecule has 3 N–H and O–H groups in total. The van der Waals surface area contributed by atoms with Gasteiger partial charge in [-0.15, -0.1) is 0 Å². The summed E-state index contributed by atoms with van der Waals surface area (Å²) in [6.45, 7) is 0. The smallest absolute Gasteiger partial charge is 0.371 e. The summed E-state index contributed by atoms with van der Waals surface area (Å²) in [5.41, 5.74) is 0.499. The van der Waals surface area contributed by atoms with Crippen LogP contribution in [0.3, 0.4) is 0 Å². The van der Waals surface area contributed by atoms with Crippen LogP contribution < -0.4 is 0 Å². The molecule has 0 atom stereocenters. The molecule has 114 valence electrons. The Morgan fingerprint density at radius 2 is 1.68 bits per heavy atom. The minimum absolute atomic E-state index is 0.0239. The van der Waals surface area contributed by atoms with E-state index in [0.717, 1.165) is 0 Å². The number of ketones is 1. The molecule has 0 fully saturated rings. The molecule has 0 aliphatic carbocycles. The summed E-state index contributed by atoms with van der Waals surface area (Å²) in [6, 6.07) is 8.56. The largest absolute Gasteiger partial charge is 0.473 e. The molecular formula is C13H10N2O5S2. The molecule has 7 nitrogen and oxygen atoms in total. The second-order valence-corrected chi connectivity index (χ2v) is 5.92. The van der Waals surface area contributed by atoms with Gasteiger partial charge in [0.05, 0.1) is 6.42 Å². The second-order valence-electron chi connectivity index (χ2n) is 4.02. The number of nitrogens with one attached hydrogen (secondary N) is 1. The molecule has 2 rings (SSSR count). The number of carbonyl (C=O) groups excluding carboxylic acids is 1. The minimum atomic E-state index is -1.21. The number of nitrogens with zero attached hydrogens (tertiary/aromatic N) is 1. The van der Waals surface area contributed by atoms with Gasteiger partial charge in [0.2, 0.25) is 0 Å². The predicted molar refractivity (Wildman–Crippen MR) is 80.8 cm³/mol. The van der Waals surface area contributed by atoms with E-state index in [2.05, 4.69) is 9.97 Å². The number of rotatable bonds is 5. The molecule has 0 radical (unpaired) electrons. The van der Waals surface area contributed by atoms with Gasteiger partial charge in [-0.1, -0.05) is 30.3 Å². The highest BCUT2D eigenvalue weighted by molar-refractivity contribution is 8.15. The van der Waals surface area contributed by atoms with Crippen LogP contribution in [0.5, 0.6) is 0 Å². The van der Waals surface area contributed by atoms with Gasteiger partial charge in [0.15, 0.2) is 5.78 Å². The van der Waals surface area contributed by atoms with Crippen LogP contribution >= 0.6 is 23.5 Å². The topological polar surface area (TPSA) is 120 Å². The molecule has 0 aliphatic heterocycles. The zero-order valence-corrected chi connectivity index (χ0v) is 12.6. The molecular weight excluding hydrogens is 328 g/mol. The van der Waals surface area contributed by atoms with Gasteiger partial charge in [-0.2, -0.15) is 0 Å². The van der Waals surface area contributed by atoms with Crippen molar-refractivity contribution in [3.63, 3.8) is 0 Å². The van der Waals surface area contributed by atoms with Gasteiger partial charge in [0.1, 0.15) is 15.9 Å². The fourth-order valence-electron chi connectivity index (χ4n) is 1.66. The monoisotopic (exact) mass is 338 g/mol. The summed E-state index contributed by atoms with van der Waals surface area (Å²) in [6.07, 6.45) is -0.0721. The van der Waals surface area contributed by atoms with Gasteiger partial charge >= 0.3 is 10.6 Å². The first-order chi connectivity index (χ1) is 10.5. The molecule has 9 heteroatoms. The van der Waals surface area contributed by atoms with E-state index in [1.54, 1.807) is 30.3 Å². The maximum absolute atomic E-state index is 12.1. The first-order valence-electron chi connectivity index (χ1n) is 5.94. The van der Waals surface area contributed by atoms with Crippen LogP contribution in [-0.2, 0) is 6.42 Å². The Morgan fingerprint density at radius 3 is 2.27 bits per heavy atom. The fraction of sp³-hybridized carbons (Fsp3) is 0.0769. The van der Waals surface area contributed by atoms with Crippen molar-refractivity contribution >= 4 is 39.9 Å². The summed E-state index contributed by atoms with van der Waals surface area (Å²) >= 11 is 0.804. The number of hydrogen-bond donors (Lipinski definition) is 3. The first-order valence-corrected chi connectivity index (χ1v) is 7.57. The Labute approximate surface area is 133 Å². The highest BCUT2D eigenvalue weighted by Gasteiger charge is 2.19. The third-order valence-electron chi connectivity index (χ3n) is 2.49. The minimum Gasteiger partial charge on any atom is -0.473 e. The van der Waals surface area contributed by atoms with Gasteiger partial charge in [-0.3, -0.25) is 4.79 Å². The molecule has 0 saturated carbocycles. The maximum Gasteiger partial charge on any atom is 0.371 e. The number of hydrogen-bond acceptors (Lipinski definition) is 6. The molecule has 0 bridgehead atoms. The van der Waals surface area contributed by atoms with Gasteiger partial charge in [-0.05, 0) is 0 Å². The van der Waals surface area contributed by atoms with Crippen molar-refractivity contribution in [2.75, 3.05) is 0 Å². The number of imidazole rings is 1. The quantitative estimate of drug-likeness (QED) is 0.560. The number of Topliss-reactive ketones (excluding diaryl/α,β-unsaturated/α-hetero) is 1. The molecule has 1 aromatic carbocycles. The molecule has 1 aromatic heterocycles. The first kappa shape index (κ1) is 16.1.